The zero-order valence-corrected chi connectivity index (χ0v) is 9.92. The van der Waals surface area contributed by atoms with Gasteiger partial charge in [-0.25, -0.2) is 8.42 Å². The highest BCUT2D eigenvalue weighted by molar-refractivity contribution is 7.89. The molecule has 0 bridgehead atoms. The van der Waals surface area contributed by atoms with Crippen LogP contribution in [0.2, 0.25) is 0 Å². The minimum absolute atomic E-state index is 0.341. The number of carbonyl (C=O) groups excluding carboxylic acids is 1. The summed E-state index contributed by atoms with van der Waals surface area (Å²) >= 11 is 0. The molecule has 0 radical (unpaired) electrons. The molecular weight excluding hydrogens is 283 g/mol. The number of methoxy groups -OCH3 is 1. The van der Waals surface area contributed by atoms with Crippen LogP contribution in [-0.4, -0.2) is 61.9 Å². The summed E-state index contributed by atoms with van der Waals surface area (Å²) in [5, 5.41) is 8.35. The summed E-state index contributed by atoms with van der Waals surface area (Å²) in [6.07, 6.45) is -4.92. The second-order valence-corrected chi connectivity index (χ2v) is 5.08. The van der Waals surface area contributed by atoms with E-state index in [0.29, 0.717) is 0 Å². The van der Waals surface area contributed by atoms with Crippen molar-refractivity contribution in [2.45, 2.75) is 6.18 Å². The summed E-state index contributed by atoms with van der Waals surface area (Å²) in [4.78, 5) is 21.0. The molecule has 0 saturated carbocycles. The van der Waals surface area contributed by atoms with E-state index in [1.54, 1.807) is 0 Å². The van der Waals surface area contributed by atoms with Crippen LogP contribution >= 0.6 is 0 Å². The average Bonchev–Trinajstić information content (AvgIpc) is 2.12. The lowest BCUT2D eigenvalue weighted by molar-refractivity contribution is -0.146. The molecule has 0 heterocycles. The Morgan fingerprint density at radius 2 is 1.83 bits per heavy atom. The number of sulfonamides is 1. The number of aliphatic carboxylic acids is 1. The number of carboxylic acid groups (broad SMARTS) is 1. The van der Waals surface area contributed by atoms with Gasteiger partial charge in [0.2, 0.25) is 10.0 Å². The van der Waals surface area contributed by atoms with Crippen LogP contribution in [0.4, 0.5) is 13.2 Å². The second kappa shape index (κ2) is 6.00. The first-order valence-corrected chi connectivity index (χ1v) is 5.92. The van der Waals surface area contributed by atoms with Crippen molar-refractivity contribution in [2.75, 3.05) is 26.0 Å². The van der Waals surface area contributed by atoms with Gasteiger partial charge in [-0.15, -0.1) is 0 Å². The largest absolute Gasteiger partial charge is 0.480 e. The van der Waals surface area contributed by atoms with Crippen LogP contribution in [0.25, 0.3) is 0 Å². The zero-order chi connectivity index (χ0) is 14.6. The molecule has 0 saturated heterocycles. The molecule has 0 atom stereocenters. The zero-order valence-electron chi connectivity index (χ0n) is 9.10. The van der Waals surface area contributed by atoms with Crippen LogP contribution in [0.3, 0.4) is 0 Å². The smallest absolute Gasteiger partial charge is 0.402 e. The van der Waals surface area contributed by atoms with E-state index in [-0.39, 0.29) is 4.31 Å². The Hall–Kier alpha value is -1.36. The van der Waals surface area contributed by atoms with Crippen molar-refractivity contribution < 1.29 is 41.0 Å². The number of nitrogens with zero attached hydrogens (tertiary/aromatic N) is 1. The number of ether oxygens (including phenoxy) is 1. The van der Waals surface area contributed by atoms with E-state index in [1.807, 2.05) is 0 Å². The van der Waals surface area contributed by atoms with Crippen molar-refractivity contribution in [3.63, 3.8) is 0 Å². The Kier molecular flexibility index (Phi) is 5.55. The van der Waals surface area contributed by atoms with Gasteiger partial charge in [0.05, 0.1) is 7.11 Å². The van der Waals surface area contributed by atoms with E-state index in [4.69, 9.17) is 5.11 Å². The lowest BCUT2D eigenvalue weighted by Crippen LogP contribution is -2.44. The molecule has 0 aromatic rings. The van der Waals surface area contributed by atoms with Crippen molar-refractivity contribution in [3.05, 3.63) is 0 Å². The molecule has 0 aliphatic carbocycles. The van der Waals surface area contributed by atoms with Gasteiger partial charge in [-0.2, -0.15) is 17.5 Å². The number of halogens is 3. The Balaban J connectivity index is 5.05. The van der Waals surface area contributed by atoms with E-state index in [9.17, 15) is 31.2 Å². The van der Waals surface area contributed by atoms with Crippen LogP contribution < -0.4 is 0 Å². The predicted molar refractivity (Wildman–Crippen MR) is 51.1 cm³/mol. The molecule has 0 aromatic carbocycles. The van der Waals surface area contributed by atoms with Crippen LogP contribution in [0.5, 0.6) is 0 Å². The maximum absolute atomic E-state index is 12.1. The molecule has 0 spiro atoms. The quantitative estimate of drug-likeness (QED) is 0.659. The molecule has 11 heteroatoms. The van der Waals surface area contributed by atoms with Crippen LogP contribution in [-0.2, 0) is 24.3 Å². The molecule has 7 nitrogen and oxygen atoms in total. The number of hydrogen-bond donors (Lipinski definition) is 1. The molecule has 0 aliphatic heterocycles. The number of alkyl halides is 3. The Morgan fingerprint density at radius 3 is 2.17 bits per heavy atom. The van der Waals surface area contributed by atoms with Gasteiger partial charge < -0.3 is 9.84 Å². The highest BCUT2D eigenvalue weighted by Crippen LogP contribution is 2.18. The third kappa shape index (κ3) is 6.39. The molecule has 0 amide bonds. The van der Waals surface area contributed by atoms with E-state index >= 15 is 0 Å². The van der Waals surface area contributed by atoms with Gasteiger partial charge in [-0.05, 0) is 0 Å². The van der Waals surface area contributed by atoms with Crippen LogP contribution in [0, 0.1) is 0 Å². The SMILES string of the molecule is COC(=O)CS(=O)(=O)N(CC(=O)O)CC(F)(F)F. The van der Waals surface area contributed by atoms with E-state index < -0.39 is 47.0 Å². The standard InChI is InChI=1S/C7H10F3NO6S/c1-17-6(14)3-18(15,16)11(2-5(12)13)4-7(8,9)10/h2-4H2,1H3,(H,12,13). The van der Waals surface area contributed by atoms with Crippen molar-refractivity contribution in [1.29, 1.82) is 0 Å². The molecule has 0 unspecified atom stereocenters. The van der Waals surface area contributed by atoms with E-state index in [0.717, 1.165) is 7.11 Å². The fourth-order valence-electron chi connectivity index (χ4n) is 0.903. The molecule has 1 N–H and O–H groups in total. The molecule has 0 rings (SSSR count). The summed E-state index contributed by atoms with van der Waals surface area (Å²) in [5.74, 6) is -4.41. The molecule has 18 heavy (non-hydrogen) atoms. The Bertz CT molecular complexity index is 417. The van der Waals surface area contributed by atoms with Crippen LogP contribution in [0.1, 0.15) is 0 Å². The maximum Gasteiger partial charge on any atom is 0.402 e. The topological polar surface area (TPSA) is 101 Å². The first-order valence-electron chi connectivity index (χ1n) is 4.31. The third-order valence-corrected chi connectivity index (χ3v) is 3.23. The lowest BCUT2D eigenvalue weighted by atomic mass is 10.5. The molecule has 0 fully saturated rings. The minimum Gasteiger partial charge on any atom is -0.480 e. The summed E-state index contributed by atoms with van der Waals surface area (Å²) in [7, 11) is -3.85. The van der Waals surface area contributed by atoms with Crippen molar-refractivity contribution in [3.8, 4) is 0 Å². The number of hydrogen-bond acceptors (Lipinski definition) is 5. The average molecular weight is 293 g/mol. The molecule has 0 aromatic heterocycles. The normalized spacial score (nSPS) is 12.5. The van der Waals surface area contributed by atoms with Crippen molar-refractivity contribution in [1.82, 2.24) is 4.31 Å². The summed E-state index contributed by atoms with van der Waals surface area (Å²) in [6.45, 7) is -3.38. The maximum atomic E-state index is 12.1. The van der Waals surface area contributed by atoms with Gasteiger partial charge in [0, 0.05) is 0 Å². The second-order valence-electron chi connectivity index (χ2n) is 3.11. The highest BCUT2D eigenvalue weighted by atomic mass is 32.2. The van der Waals surface area contributed by atoms with E-state index in [2.05, 4.69) is 4.74 Å². The molecule has 106 valence electrons. The van der Waals surface area contributed by atoms with Gasteiger partial charge in [-0.1, -0.05) is 0 Å². The van der Waals surface area contributed by atoms with Gasteiger partial charge in [-0.3, -0.25) is 9.59 Å². The third-order valence-electron chi connectivity index (χ3n) is 1.59. The first-order chi connectivity index (χ1) is 7.98. The Morgan fingerprint density at radius 1 is 1.33 bits per heavy atom. The fraction of sp³-hybridized carbons (Fsp3) is 0.714. The predicted octanol–water partition coefficient (Wildman–Crippen LogP) is -0.562. The molecule has 0 aliphatic rings. The first kappa shape index (κ1) is 16.6. The van der Waals surface area contributed by atoms with E-state index in [1.165, 1.54) is 0 Å². The summed E-state index contributed by atoms with van der Waals surface area (Å²) < 4.78 is 62.7. The van der Waals surface area contributed by atoms with Gasteiger partial charge in [0.25, 0.3) is 0 Å². The number of esters is 1. The summed E-state index contributed by atoms with van der Waals surface area (Å²) in [5.41, 5.74) is 0. The van der Waals surface area contributed by atoms with Gasteiger partial charge in [0.1, 0.15) is 13.1 Å². The van der Waals surface area contributed by atoms with Gasteiger partial charge in [0.15, 0.2) is 5.75 Å². The number of carbonyl (C=O) groups is 2. The molecular formula is C7H10F3NO6S. The van der Waals surface area contributed by atoms with Crippen LogP contribution in [0.15, 0.2) is 0 Å². The highest BCUT2D eigenvalue weighted by Gasteiger charge is 2.38. The monoisotopic (exact) mass is 293 g/mol. The minimum atomic E-state index is -4.92. The summed E-state index contributed by atoms with van der Waals surface area (Å²) in [6, 6.07) is 0. The Labute approximate surface area is 100 Å². The lowest BCUT2D eigenvalue weighted by Gasteiger charge is -2.20. The fourth-order valence-corrected chi connectivity index (χ4v) is 2.15. The van der Waals surface area contributed by atoms with Crippen molar-refractivity contribution >= 4 is 22.0 Å². The van der Waals surface area contributed by atoms with Gasteiger partial charge >= 0.3 is 18.1 Å². The van der Waals surface area contributed by atoms with Crippen molar-refractivity contribution in [2.24, 2.45) is 0 Å². The number of carboxylic acids is 1. The number of rotatable bonds is 6.